The third kappa shape index (κ3) is 7.25. The zero-order valence-electron chi connectivity index (χ0n) is 8.91. The van der Waals surface area contributed by atoms with Crippen LogP contribution in [0.4, 0.5) is 0 Å². The minimum absolute atomic E-state index is 0.0467. The molecule has 8 heteroatoms. The monoisotopic (exact) mass is 238 g/mol. The highest BCUT2D eigenvalue weighted by Gasteiger charge is 2.12. The Morgan fingerprint density at radius 2 is 2.13 bits per heavy atom. The number of methoxy groups -OCH3 is 1. The third-order valence-corrected chi connectivity index (χ3v) is 2.84. The van der Waals surface area contributed by atoms with Crippen LogP contribution in [0.5, 0.6) is 0 Å². The Labute approximate surface area is 90.1 Å². The standard InChI is InChI=1S/C7H18N4O3S/c1-6(7(8)9)5-11-15(12,13)10-3-4-14-2/h6,10-11H,3-5H2,1-2H3,(H3,8,9). The first kappa shape index (κ1) is 14.3. The van der Waals surface area contributed by atoms with E-state index in [0.29, 0.717) is 6.61 Å². The van der Waals surface area contributed by atoms with E-state index in [4.69, 9.17) is 15.9 Å². The normalized spacial score (nSPS) is 13.7. The molecule has 0 aliphatic heterocycles. The first-order valence-electron chi connectivity index (χ1n) is 4.46. The van der Waals surface area contributed by atoms with Gasteiger partial charge in [0.05, 0.1) is 12.4 Å². The number of nitrogens with two attached hydrogens (primary N) is 1. The molecule has 5 N–H and O–H groups in total. The molecular formula is C7H18N4O3S. The average Bonchev–Trinajstić information content (AvgIpc) is 2.14. The Bertz CT molecular complexity index is 291. The van der Waals surface area contributed by atoms with Crippen LogP contribution in [0.25, 0.3) is 0 Å². The highest BCUT2D eigenvalue weighted by atomic mass is 32.2. The molecule has 0 fully saturated rings. The maximum atomic E-state index is 11.2. The second-order valence-corrected chi connectivity index (χ2v) is 4.68. The molecule has 0 aromatic heterocycles. The van der Waals surface area contributed by atoms with Gasteiger partial charge in [-0.25, -0.2) is 4.72 Å². The summed E-state index contributed by atoms with van der Waals surface area (Å²) in [5, 5.41) is 7.08. The van der Waals surface area contributed by atoms with E-state index in [-0.39, 0.29) is 24.8 Å². The van der Waals surface area contributed by atoms with Crippen LogP contribution in [0.3, 0.4) is 0 Å². The Morgan fingerprint density at radius 1 is 1.53 bits per heavy atom. The first-order chi connectivity index (χ1) is 6.89. The van der Waals surface area contributed by atoms with Gasteiger partial charge in [0.25, 0.3) is 10.2 Å². The van der Waals surface area contributed by atoms with Gasteiger partial charge in [-0.1, -0.05) is 6.92 Å². The van der Waals surface area contributed by atoms with Crippen molar-refractivity contribution < 1.29 is 13.2 Å². The summed E-state index contributed by atoms with van der Waals surface area (Å²) in [6, 6.07) is 0. The predicted octanol–water partition coefficient (Wildman–Crippen LogP) is -1.37. The number of ether oxygens (including phenoxy) is 1. The zero-order valence-corrected chi connectivity index (χ0v) is 9.73. The van der Waals surface area contributed by atoms with Crippen molar-refractivity contribution >= 4 is 16.0 Å². The molecular weight excluding hydrogens is 220 g/mol. The van der Waals surface area contributed by atoms with Gasteiger partial charge in [-0.2, -0.15) is 13.1 Å². The molecule has 0 radical (unpaired) electrons. The predicted molar refractivity (Wildman–Crippen MR) is 57.9 cm³/mol. The highest BCUT2D eigenvalue weighted by molar-refractivity contribution is 7.87. The van der Waals surface area contributed by atoms with Crippen molar-refractivity contribution in [3.05, 3.63) is 0 Å². The molecule has 0 rings (SSSR count). The van der Waals surface area contributed by atoms with E-state index in [9.17, 15) is 8.42 Å². The molecule has 0 aliphatic rings. The van der Waals surface area contributed by atoms with Crippen LogP contribution < -0.4 is 15.2 Å². The van der Waals surface area contributed by atoms with Crippen molar-refractivity contribution in [1.29, 1.82) is 5.41 Å². The minimum atomic E-state index is -3.51. The molecule has 7 nitrogen and oxygen atoms in total. The number of nitrogens with one attached hydrogen (secondary N) is 3. The van der Waals surface area contributed by atoms with E-state index in [0.717, 1.165) is 0 Å². The smallest absolute Gasteiger partial charge is 0.277 e. The Hall–Kier alpha value is -0.700. The molecule has 0 heterocycles. The summed E-state index contributed by atoms with van der Waals surface area (Å²) in [6.45, 7) is 2.29. The second-order valence-electron chi connectivity index (χ2n) is 3.10. The molecule has 15 heavy (non-hydrogen) atoms. The average molecular weight is 238 g/mol. The summed E-state index contributed by atoms with van der Waals surface area (Å²) < 4.78 is 31.7. The molecule has 0 aliphatic carbocycles. The van der Waals surface area contributed by atoms with Crippen LogP contribution >= 0.6 is 0 Å². The van der Waals surface area contributed by atoms with Crippen molar-refractivity contribution in [3.63, 3.8) is 0 Å². The molecule has 1 unspecified atom stereocenters. The maximum absolute atomic E-state index is 11.2. The maximum Gasteiger partial charge on any atom is 0.277 e. The van der Waals surface area contributed by atoms with Gasteiger partial charge in [0, 0.05) is 26.1 Å². The fourth-order valence-corrected chi connectivity index (χ4v) is 1.60. The number of hydrogen-bond acceptors (Lipinski definition) is 4. The van der Waals surface area contributed by atoms with Gasteiger partial charge < -0.3 is 10.5 Å². The lowest BCUT2D eigenvalue weighted by Gasteiger charge is -2.11. The van der Waals surface area contributed by atoms with E-state index in [1.807, 2.05) is 0 Å². The van der Waals surface area contributed by atoms with Crippen molar-refractivity contribution in [3.8, 4) is 0 Å². The lowest BCUT2D eigenvalue weighted by Crippen LogP contribution is -2.42. The summed E-state index contributed by atoms with van der Waals surface area (Å²) in [7, 11) is -2.03. The summed E-state index contributed by atoms with van der Waals surface area (Å²) >= 11 is 0. The Kier molecular flexibility index (Phi) is 6.41. The fourth-order valence-electron chi connectivity index (χ4n) is 0.674. The van der Waals surface area contributed by atoms with Crippen molar-refractivity contribution in [2.24, 2.45) is 11.7 Å². The molecule has 0 aromatic rings. The van der Waals surface area contributed by atoms with Gasteiger partial charge in [0.15, 0.2) is 0 Å². The van der Waals surface area contributed by atoms with Gasteiger partial charge in [0.2, 0.25) is 0 Å². The fraction of sp³-hybridized carbons (Fsp3) is 0.857. The largest absolute Gasteiger partial charge is 0.387 e. The summed E-state index contributed by atoms with van der Waals surface area (Å²) in [6.07, 6.45) is 0. The quantitative estimate of drug-likeness (QED) is 0.237. The van der Waals surface area contributed by atoms with E-state index in [1.54, 1.807) is 6.92 Å². The molecule has 0 saturated heterocycles. The summed E-state index contributed by atoms with van der Waals surface area (Å²) in [4.78, 5) is 0. The Balaban J connectivity index is 3.89. The van der Waals surface area contributed by atoms with E-state index < -0.39 is 10.2 Å². The first-order valence-corrected chi connectivity index (χ1v) is 5.94. The van der Waals surface area contributed by atoms with Gasteiger partial charge in [-0.3, -0.25) is 5.41 Å². The van der Waals surface area contributed by atoms with E-state index >= 15 is 0 Å². The van der Waals surface area contributed by atoms with Crippen LogP contribution in [0.15, 0.2) is 0 Å². The SMILES string of the molecule is COCCNS(=O)(=O)NCC(C)C(=N)N. The minimum Gasteiger partial charge on any atom is -0.387 e. The molecule has 0 amide bonds. The number of amidine groups is 1. The molecule has 0 saturated carbocycles. The third-order valence-electron chi connectivity index (χ3n) is 1.71. The summed E-state index contributed by atoms with van der Waals surface area (Å²) in [5.41, 5.74) is 5.20. The van der Waals surface area contributed by atoms with Crippen LogP contribution in [0.2, 0.25) is 0 Å². The van der Waals surface area contributed by atoms with Crippen LogP contribution in [0, 0.1) is 11.3 Å². The van der Waals surface area contributed by atoms with Crippen LogP contribution in [-0.4, -0.2) is 41.1 Å². The topological polar surface area (TPSA) is 117 Å². The van der Waals surface area contributed by atoms with Crippen molar-refractivity contribution in [2.75, 3.05) is 26.8 Å². The van der Waals surface area contributed by atoms with Crippen molar-refractivity contribution in [1.82, 2.24) is 9.44 Å². The van der Waals surface area contributed by atoms with Crippen molar-refractivity contribution in [2.45, 2.75) is 6.92 Å². The number of rotatable bonds is 8. The van der Waals surface area contributed by atoms with Gasteiger partial charge in [0.1, 0.15) is 0 Å². The Morgan fingerprint density at radius 3 is 2.60 bits per heavy atom. The van der Waals surface area contributed by atoms with E-state index in [1.165, 1.54) is 7.11 Å². The zero-order chi connectivity index (χ0) is 11.9. The van der Waals surface area contributed by atoms with Crippen LogP contribution in [-0.2, 0) is 14.9 Å². The number of hydrogen-bond donors (Lipinski definition) is 4. The van der Waals surface area contributed by atoms with Crippen LogP contribution in [0.1, 0.15) is 6.92 Å². The highest BCUT2D eigenvalue weighted by Crippen LogP contribution is 1.91. The molecule has 90 valence electrons. The lowest BCUT2D eigenvalue weighted by atomic mass is 10.2. The molecule has 0 aromatic carbocycles. The van der Waals surface area contributed by atoms with Gasteiger partial charge >= 0.3 is 0 Å². The lowest BCUT2D eigenvalue weighted by molar-refractivity contribution is 0.204. The second kappa shape index (κ2) is 6.72. The van der Waals surface area contributed by atoms with Gasteiger partial charge in [-0.15, -0.1) is 0 Å². The van der Waals surface area contributed by atoms with Gasteiger partial charge in [-0.05, 0) is 0 Å². The summed E-state index contributed by atoms with van der Waals surface area (Å²) in [5.74, 6) is -0.362. The van der Waals surface area contributed by atoms with E-state index in [2.05, 4.69) is 9.44 Å². The molecule has 0 spiro atoms. The molecule has 1 atom stereocenters. The molecule has 0 bridgehead atoms.